The number of fused-ring (bicyclic) bond motifs is 1. The molecule has 7 nitrogen and oxygen atoms in total. The lowest BCUT2D eigenvalue weighted by molar-refractivity contribution is -0.383. The zero-order valence-electron chi connectivity index (χ0n) is 10.1. The van der Waals surface area contributed by atoms with Crippen LogP contribution in [-0.2, 0) is 9.53 Å². The molecule has 0 atom stereocenters. The van der Waals surface area contributed by atoms with Crippen LogP contribution in [0.5, 0.6) is 0 Å². The maximum atomic E-state index is 11.1. The summed E-state index contributed by atoms with van der Waals surface area (Å²) in [5.74, 6) is -0.428. The number of ether oxygens (including phenoxy) is 1. The van der Waals surface area contributed by atoms with Crippen molar-refractivity contribution >= 4 is 28.2 Å². The van der Waals surface area contributed by atoms with Crippen LogP contribution in [0.1, 0.15) is 0 Å². The number of pyridine rings is 1. The second-order valence-corrected chi connectivity index (χ2v) is 3.72. The molecule has 7 heteroatoms. The van der Waals surface area contributed by atoms with Crippen molar-refractivity contribution in [2.75, 3.05) is 19.0 Å². The van der Waals surface area contributed by atoms with Gasteiger partial charge in [-0.25, -0.2) is 0 Å². The molecule has 19 heavy (non-hydrogen) atoms. The second-order valence-electron chi connectivity index (χ2n) is 3.72. The van der Waals surface area contributed by atoms with Crippen LogP contribution >= 0.6 is 0 Å². The number of nitrogens with one attached hydrogen (secondary N) is 1. The van der Waals surface area contributed by atoms with Gasteiger partial charge in [0.25, 0.3) is 5.69 Å². The van der Waals surface area contributed by atoms with Gasteiger partial charge in [0, 0.05) is 12.3 Å². The predicted octanol–water partition coefficient (Wildman–Crippen LogP) is 1.73. The number of non-ortho nitro benzene ring substituents is 1. The summed E-state index contributed by atoms with van der Waals surface area (Å²) in [6.07, 6.45) is 1.54. The molecule has 0 aliphatic heterocycles. The highest BCUT2D eigenvalue weighted by molar-refractivity contribution is 5.97. The number of rotatable bonds is 4. The highest BCUT2D eigenvalue weighted by Gasteiger charge is 2.15. The number of nitro groups is 1. The van der Waals surface area contributed by atoms with Crippen molar-refractivity contribution in [3.05, 3.63) is 40.6 Å². The molecule has 0 radical (unpaired) electrons. The Bertz CT molecular complexity index is 642. The molecule has 2 rings (SSSR count). The quantitative estimate of drug-likeness (QED) is 0.511. The van der Waals surface area contributed by atoms with E-state index in [1.165, 1.54) is 25.4 Å². The molecular weight excluding hydrogens is 250 g/mol. The molecule has 0 amide bonds. The molecule has 0 saturated heterocycles. The number of carbonyl (C=O) groups is 1. The molecular formula is C12H11N3O4. The average molecular weight is 261 g/mol. The Hall–Kier alpha value is -2.70. The first-order valence-electron chi connectivity index (χ1n) is 5.46. The van der Waals surface area contributed by atoms with Crippen LogP contribution in [0.25, 0.3) is 10.9 Å². The van der Waals surface area contributed by atoms with E-state index >= 15 is 0 Å². The fraction of sp³-hybridized carbons (Fsp3) is 0.167. The second kappa shape index (κ2) is 5.30. The molecule has 1 aromatic carbocycles. The summed E-state index contributed by atoms with van der Waals surface area (Å²) in [4.78, 5) is 25.6. The number of benzene rings is 1. The Morgan fingerprint density at radius 1 is 1.47 bits per heavy atom. The molecule has 0 aliphatic carbocycles. The number of hydrogen-bond donors (Lipinski definition) is 1. The lowest BCUT2D eigenvalue weighted by atomic mass is 10.1. The minimum Gasteiger partial charge on any atom is -0.468 e. The molecule has 0 fully saturated rings. The Morgan fingerprint density at radius 2 is 2.26 bits per heavy atom. The number of anilines is 1. The van der Waals surface area contributed by atoms with Gasteiger partial charge < -0.3 is 10.1 Å². The Kier molecular flexibility index (Phi) is 3.56. The van der Waals surface area contributed by atoms with E-state index in [2.05, 4.69) is 15.0 Å². The van der Waals surface area contributed by atoms with Crippen LogP contribution < -0.4 is 5.32 Å². The van der Waals surface area contributed by atoms with Crippen LogP contribution in [0, 0.1) is 10.1 Å². The normalized spacial score (nSPS) is 10.2. The number of hydrogen-bond acceptors (Lipinski definition) is 6. The largest absolute Gasteiger partial charge is 0.468 e. The minimum absolute atomic E-state index is 0.0216. The Morgan fingerprint density at radius 3 is 2.95 bits per heavy atom. The summed E-state index contributed by atoms with van der Waals surface area (Å²) >= 11 is 0. The molecule has 0 aliphatic rings. The highest BCUT2D eigenvalue weighted by atomic mass is 16.6. The highest BCUT2D eigenvalue weighted by Crippen LogP contribution is 2.29. The molecule has 0 spiro atoms. The van der Waals surface area contributed by atoms with E-state index in [0.29, 0.717) is 16.6 Å². The molecule has 1 N–H and O–H groups in total. The van der Waals surface area contributed by atoms with E-state index in [1.54, 1.807) is 12.1 Å². The number of carbonyl (C=O) groups excluding carboxylic acids is 1. The summed E-state index contributed by atoms with van der Waals surface area (Å²) in [6.45, 7) is -0.0278. The van der Waals surface area contributed by atoms with Gasteiger partial charge in [-0.1, -0.05) is 0 Å². The summed E-state index contributed by atoms with van der Waals surface area (Å²) in [7, 11) is 1.29. The van der Waals surface area contributed by atoms with Crippen LogP contribution in [-0.4, -0.2) is 29.5 Å². The minimum atomic E-state index is -0.464. The number of aromatic nitrogens is 1. The molecule has 98 valence electrons. The van der Waals surface area contributed by atoms with Gasteiger partial charge in [-0.05, 0) is 18.2 Å². The first-order valence-corrected chi connectivity index (χ1v) is 5.46. The standard InChI is InChI=1S/C12H11N3O4/c1-19-11(16)7-14-9-4-5-10(15(17)18)8-3-2-6-13-12(8)9/h2-6,14H,7H2,1H3. The van der Waals surface area contributed by atoms with Gasteiger partial charge in [0.05, 0.1) is 23.1 Å². The van der Waals surface area contributed by atoms with Crippen molar-refractivity contribution in [2.45, 2.75) is 0 Å². The molecule has 0 bridgehead atoms. The van der Waals surface area contributed by atoms with Crippen molar-refractivity contribution in [3.8, 4) is 0 Å². The fourth-order valence-corrected chi connectivity index (χ4v) is 1.70. The maximum Gasteiger partial charge on any atom is 0.325 e. The third-order valence-electron chi connectivity index (χ3n) is 2.59. The number of methoxy groups -OCH3 is 1. The van der Waals surface area contributed by atoms with Gasteiger partial charge in [0.15, 0.2) is 0 Å². The molecule has 1 heterocycles. The zero-order valence-corrected chi connectivity index (χ0v) is 10.1. The van der Waals surface area contributed by atoms with E-state index in [9.17, 15) is 14.9 Å². The van der Waals surface area contributed by atoms with Gasteiger partial charge >= 0.3 is 5.97 Å². The smallest absolute Gasteiger partial charge is 0.325 e. The summed E-state index contributed by atoms with van der Waals surface area (Å²) in [6, 6.07) is 6.14. The van der Waals surface area contributed by atoms with Gasteiger partial charge in [0.1, 0.15) is 12.1 Å². The van der Waals surface area contributed by atoms with Crippen molar-refractivity contribution in [2.24, 2.45) is 0 Å². The fourth-order valence-electron chi connectivity index (χ4n) is 1.70. The Balaban J connectivity index is 2.44. The van der Waals surface area contributed by atoms with Crippen molar-refractivity contribution in [1.29, 1.82) is 0 Å². The summed E-state index contributed by atoms with van der Waals surface area (Å²) < 4.78 is 4.52. The van der Waals surface area contributed by atoms with Crippen LogP contribution in [0.4, 0.5) is 11.4 Å². The van der Waals surface area contributed by atoms with Crippen molar-refractivity contribution in [3.63, 3.8) is 0 Å². The van der Waals surface area contributed by atoms with E-state index < -0.39 is 10.9 Å². The SMILES string of the molecule is COC(=O)CNc1ccc([N+](=O)[O-])c2cccnc12. The summed E-state index contributed by atoms with van der Waals surface area (Å²) in [5.41, 5.74) is 0.971. The van der Waals surface area contributed by atoms with Gasteiger partial charge in [-0.2, -0.15) is 0 Å². The van der Waals surface area contributed by atoms with Crippen molar-refractivity contribution < 1.29 is 14.5 Å². The molecule has 0 unspecified atom stereocenters. The summed E-state index contributed by atoms with van der Waals surface area (Å²) in [5, 5.41) is 14.2. The maximum absolute atomic E-state index is 11.1. The first kappa shape index (κ1) is 12.7. The lowest BCUT2D eigenvalue weighted by Gasteiger charge is -2.08. The lowest BCUT2D eigenvalue weighted by Crippen LogP contribution is -2.15. The van der Waals surface area contributed by atoms with E-state index in [0.717, 1.165) is 0 Å². The van der Waals surface area contributed by atoms with Gasteiger partial charge in [-0.3, -0.25) is 19.9 Å². The average Bonchev–Trinajstić information content (AvgIpc) is 2.43. The van der Waals surface area contributed by atoms with E-state index in [1.807, 2.05) is 0 Å². The monoisotopic (exact) mass is 261 g/mol. The van der Waals surface area contributed by atoms with Crippen LogP contribution in [0.15, 0.2) is 30.5 Å². The Labute approximate surface area is 108 Å². The number of esters is 1. The topological polar surface area (TPSA) is 94.4 Å². The number of nitro benzene ring substituents is 1. The van der Waals surface area contributed by atoms with Gasteiger partial charge in [0.2, 0.25) is 0 Å². The molecule has 1 aromatic heterocycles. The van der Waals surface area contributed by atoms with Crippen LogP contribution in [0.2, 0.25) is 0 Å². The first-order chi connectivity index (χ1) is 9.13. The van der Waals surface area contributed by atoms with Gasteiger partial charge in [-0.15, -0.1) is 0 Å². The van der Waals surface area contributed by atoms with Crippen LogP contribution in [0.3, 0.4) is 0 Å². The predicted molar refractivity (Wildman–Crippen MR) is 68.9 cm³/mol. The third-order valence-corrected chi connectivity index (χ3v) is 2.59. The molecule has 0 saturated carbocycles. The molecule has 2 aromatic rings. The van der Waals surface area contributed by atoms with E-state index in [-0.39, 0.29) is 12.2 Å². The van der Waals surface area contributed by atoms with Crippen molar-refractivity contribution in [1.82, 2.24) is 4.98 Å². The van der Waals surface area contributed by atoms with E-state index in [4.69, 9.17) is 0 Å². The number of nitrogens with zero attached hydrogens (tertiary/aromatic N) is 2. The third kappa shape index (κ3) is 2.59. The zero-order chi connectivity index (χ0) is 13.8.